The molecule has 2 aromatic carbocycles. The molecule has 0 radical (unpaired) electrons. The van der Waals surface area contributed by atoms with Gasteiger partial charge in [0, 0.05) is 5.69 Å². The fraction of sp³-hybridized carbons (Fsp3) is 0.182. The second kappa shape index (κ2) is 9.32. The summed E-state index contributed by atoms with van der Waals surface area (Å²) in [7, 11) is -3.97. The van der Waals surface area contributed by atoms with Crippen molar-refractivity contribution in [1.29, 1.82) is 0 Å². The van der Waals surface area contributed by atoms with Crippen LogP contribution in [0.5, 0.6) is 0 Å². The molecular formula is C22H22N2O5S2. The van der Waals surface area contributed by atoms with Crippen molar-refractivity contribution in [2.45, 2.75) is 25.7 Å². The van der Waals surface area contributed by atoms with Crippen LogP contribution in [0.4, 0.5) is 10.7 Å². The van der Waals surface area contributed by atoms with Crippen LogP contribution in [0.1, 0.15) is 38.1 Å². The van der Waals surface area contributed by atoms with Crippen molar-refractivity contribution in [1.82, 2.24) is 0 Å². The highest BCUT2D eigenvalue weighted by Gasteiger charge is 2.28. The van der Waals surface area contributed by atoms with Crippen LogP contribution in [-0.2, 0) is 14.8 Å². The van der Waals surface area contributed by atoms with Gasteiger partial charge in [-0.3, -0.25) is 9.52 Å². The van der Waals surface area contributed by atoms with Gasteiger partial charge in [-0.15, -0.1) is 11.3 Å². The molecule has 2 N–H and O–H groups in total. The van der Waals surface area contributed by atoms with Gasteiger partial charge >= 0.3 is 5.97 Å². The van der Waals surface area contributed by atoms with Crippen LogP contribution in [0.15, 0.2) is 59.5 Å². The number of carbonyl (C=O) groups is 2. The highest BCUT2D eigenvalue weighted by Crippen LogP contribution is 2.35. The Hall–Kier alpha value is -3.17. The number of ether oxygens (including phenoxy) is 1. The number of esters is 1. The molecule has 162 valence electrons. The first-order valence-corrected chi connectivity index (χ1v) is 11.8. The maximum Gasteiger partial charge on any atom is 0.348 e. The number of carbonyl (C=O) groups excluding carboxylic acids is 2. The molecule has 1 heterocycles. The van der Waals surface area contributed by atoms with E-state index in [9.17, 15) is 18.0 Å². The standard InChI is InChI=1S/C22H22N2O5S2/c1-4-29-22(26)19-15(3)18(20(25)23-16-8-6-5-7-9-16)21(30-19)24-31(27,28)17-12-10-14(2)11-13-17/h5-13,24H,4H2,1-3H3,(H,23,25). The summed E-state index contributed by atoms with van der Waals surface area (Å²) in [5.74, 6) is -1.14. The summed E-state index contributed by atoms with van der Waals surface area (Å²) < 4.78 is 33.4. The van der Waals surface area contributed by atoms with Crippen LogP contribution in [0.3, 0.4) is 0 Å². The summed E-state index contributed by atoms with van der Waals surface area (Å²) in [5, 5.41) is 2.79. The Labute approximate surface area is 185 Å². The van der Waals surface area contributed by atoms with Crippen molar-refractivity contribution < 1.29 is 22.7 Å². The molecule has 3 aromatic rings. The fourth-order valence-corrected chi connectivity index (χ4v) is 5.27. The number of nitrogens with one attached hydrogen (secondary N) is 2. The van der Waals surface area contributed by atoms with Crippen molar-refractivity contribution in [3.05, 3.63) is 76.2 Å². The minimum atomic E-state index is -3.97. The SMILES string of the molecule is CCOC(=O)c1sc(NS(=O)(=O)c2ccc(C)cc2)c(C(=O)Nc2ccccc2)c1C. The normalized spacial score (nSPS) is 11.1. The zero-order valence-corrected chi connectivity index (χ0v) is 18.9. The van der Waals surface area contributed by atoms with E-state index in [0.717, 1.165) is 16.9 Å². The molecule has 0 saturated heterocycles. The Bertz CT molecular complexity index is 1200. The quantitative estimate of drug-likeness (QED) is 0.504. The molecule has 0 aliphatic carbocycles. The van der Waals surface area contributed by atoms with Gasteiger partial charge in [0.05, 0.1) is 17.1 Å². The van der Waals surface area contributed by atoms with Crippen molar-refractivity contribution in [3.63, 3.8) is 0 Å². The maximum absolute atomic E-state index is 13.0. The lowest BCUT2D eigenvalue weighted by atomic mass is 10.1. The molecule has 31 heavy (non-hydrogen) atoms. The second-order valence-corrected chi connectivity index (χ2v) is 9.42. The third-order valence-electron chi connectivity index (χ3n) is 4.42. The lowest BCUT2D eigenvalue weighted by Gasteiger charge is -2.10. The topological polar surface area (TPSA) is 102 Å². The van der Waals surface area contributed by atoms with E-state index in [0.29, 0.717) is 11.3 Å². The molecule has 7 nitrogen and oxygen atoms in total. The van der Waals surface area contributed by atoms with E-state index in [1.54, 1.807) is 50.2 Å². The highest BCUT2D eigenvalue weighted by atomic mass is 32.2. The zero-order valence-electron chi connectivity index (χ0n) is 17.3. The molecule has 1 amide bonds. The van der Waals surface area contributed by atoms with Gasteiger partial charge in [-0.1, -0.05) is 35.9 Å². The Balaban J connectivity index is 2.03. The minimum absolute atomic E-state index is 0.0505. The van der Waals surface area contributed by atoms with E-state index >= 15 is 0 Å². The van der Waals surface area contributed by atoms with Gasteiger partial charge in [-0.25, -0.2) is 13.2 Å². The molecule has 3 rings (SSSR count). The van der Waals surface area contributed by atoms with E-state index < -0.39 is 21.9 Å². The van der Waals surface area contributed by atoms with Gasteiger partial charge in [0.25, 0.3) is 15.9 Å². The Kier molecular flexibility index (Phi) is 6.77. The number of para-hydroxylation sites is 1. The number of hydrogen-bond acceptors (Lipinski definition) is 6. The van der Waals surface area contributed by atoms with Gasteiger partial charge in [0.2, 0.25) is 0 Å². The number of anilines is 2. The second-order valence-electron chi connectivity index (χ2n) is 6.72. The molecule has 9 heteroatoms. The summed E-state index contributed by atoms with van der Waals surface area (Å²) >= 11 is 0.872. The highest BCUT2D eigenvalue weighted by molar-refractivity contribution is 7.93. The van der Waals surface area contributed by atoms with Crippen molar-refractivity contribution >= 4 is 43.9 Å². The van der Waals surface area contributed by atoms with Crippen LogP contribution in [0, 0.1) is 13.8 Å². The Morgan fingerprint density at radius 1 is 1.00 bits per heavy atom. The van der Waals surface area contributed by atoms with E-state index in [2.05, 4.69) is 10.0 Å². The number of aryl methyl sites for hydroxylation is 1. The molecular weight excluding hydrogens is 436 g/mol. The summed E-state index contributed by atoms with van der Waals surface area (Å²) in [6.45, 7) is 5.27. The van der Waals surface area contributed by atoms with Gasteiger partial charge in [-0.05, 0) is 50.6 Å². The van der Waals surface area contributed by atoms with Crippen LogP contribution in [-0.4, -0.2) is 26.9 Å². The summed E-state index contributed by atoms with van der Waals surface area (Å²) in [5.41, 5.74) is 1.88. The number of thiophene rings is 1. The van der Waals surface area contributed by atoms with Crippen LogP contribution >= 0.6 is 11.3 Å². The van der Waals surface area contributed by atoms with E-state index in [1.807, 2.05) is 13.0 Å². The first kappa shape index (κ1) is 22.5. The predicted octanol–water partition coefficient (Wildman–Crippen LogP) is 4.59. The van der Waals surface area contributed by atoms with Crippen LogP contribution < -0.4 is 10.0 Å². The molecule has 0 saturated carbocycles. The Morgan fingerprint density at radius 2 is 1.65 bits per heavy atom. The lowest BCUT2D eigenvalue weighted by molar-refractivity contribution is 0.0531. The molecule has 0 fully saturated rings. The van der Waals surface area contributed by atoms with Crippen molar-refractivity contribution in [3.8, 4) is 0 Å². The minimum Gasteiger partial charge on any atom is -0.462 e. The molecule has 0 spiro atoms. The van der Waals surface area contributed by atoms with E-state index in [1.165, 1.54) is 12.1 Å². The fourth-order valence-electron chi connectivity index (χ4n) is 2.86. The largest absolute Gasteiger partial charge is 0.462 e. The van der Waals surface area contributed by atoms with Gasteiger partial charge in [0.15, 0.2) is 0 Å². The average molecular weight is 459 g/mol. The molecule has 0 aliphatic rings. The molecule has 0 atom stereocenters. The molecule has 0 unspecified atom stereocenters. The maximum atomic E-state index is 13.0. The number of hydrogen-bond donors (Lipinski definition) is 2. The first-order chi connectivity index (χ1) is 14.7. The first-order valence-electron chi connectivity index (χ1n) is 9.49. The summed E-state index contributed by atoms with van der Waals surface area (Å²) in [6.07, 6.45) is 0. The third-order valence-corrected chi connectivity index (χ3v) is 7.11. The van der Waals surface area contributed by atoms with Crippen molar-refractivity contribution in [2.75, 3.05) is 16.6 Å². The summed E-state index contributed by atoms with van der Waals surface area (Å²) in [6, 6.07) is 15.1. The smallest absolute Gasteiger partial charge is 0.348 e. The van der Waals surface area contributed by atoms with Gasteiger partial charge < -0.3 is 10.1 Å². The predicted molar refractivity (Wildman–Crippen MR) is 121 cm³/mol. The number of sulfonamides is 1. The zero-order chi connectivity index (χ0) is 22.6. The monoisotopic (exact) mass is 458 g/mol. The molecule has 0 aliphatic heterocycles. The average Bonchev–Trinajstić information content (AvgIpc) is 3.04. The van der Waals surface area contributed by atoms with Gasteiger partial charge in [-0.2, -0.15) is 0 Å². The molecule has 1 aromatic heterocycles. The number of benzene rings is 2. The van der Waals surface area contributed by atoms with Crippen LogP contribution in [0.2, 0.25) is 0 Å². The molecule has 0 bridgehead atoms. The van der Waals surface area contributed by atoms with Crippen LogP contribution in [0.25, 0.3) is 0 Å². The number of rotatable bonds is 7. The lowest BCUT2D eigenvalue weighted by Crippen LogP contribution is -2.18. The Morgan fingerprint density at radius 3 is 2.26 bits per heavy atom. The van der Waals surface area contributed by atoms with Crippen molar-refractivity contribution in [2.24, 2.45) is 0 Å². The van der Waals surface area contributed by atoms with E-state index in [-0.39, 0.29) is 26.9 Å². The third kappa shape index (κ3) is 5.12. The summed E-state index contributed by atoms with van der Waals surface area (Å²) in [4.78, 5) is 25.6. The number of amides is 1. The van der Waals surface area contributed by atoms with E-state index in [4.69, 9.17) is 4.74 Å². The van der Waals surface area contributed by atoms with Gasteiger partial charge in [0.1, 0.15) is 9.88 Å².